The first-order valence-corrected chi connectivity index (χ1v) is 12.2. The number of rotatable bonds is 11. The highest BCUT2D eigenvalue weighted by atomic mass is 32.2. The minimum absolute atomic E-state index is 0.125. The smallest absolute Gasteiger partial charge is 0.317 e. The lowest BCUT2D eigenvalue weighted by molar-refractivity contribution is -0.121. The van der Waals surface area contributed by atoms with Crippen LogP contribution in [0.4, 0.5) is 4.79 Å². The lowest BCUT2D eigenvalue weighted by atomic mass is 10.1. The van der Waals surface area contributed by atoms with Gasteiger partial charge in [-0.25, -0.2) is 17.9 Å². The van der Waals surface area contributed by atoms with Gasteiger partial charge in [0.1, 0.15) is 0 Å². The van der Waals surface area contributed by atoms with E-state index in [1.165, 1.54) is 0 Å². The Hall–Kier alpha value is -2.91. The Morgan fingerprint density at radius 1 is 0.938 bits per heavy atom. The molecule has 0 heterocycles. The third-order valence-corrected chi connectivity index (χ3v) is 6.11. The van der Waals surface area contributed by atoms with Gasteiger partial charge < -0.3 is 15.5 Å². The fraction of sp³-hybridized carbons (Fsp3) is 0.391. The summed E-state index contributed by atoms with van der Waals surface area (Å²) in [7, 11) is -1.77. The van der Waals surface area contributed by atoms with Gasteiger partial charge in [0, 0.05) is 39.1 Å². The Balaban J connectivity index is 1.78. The fourth-order valence-electron chi connectivity index (χ4n) is 3.11. The van der Waals surface area contributed by atoms with Crippen molar-refractivity contribution in [2.75, 3.05) is 13.6 Å². The van der Waals surface area contributed by atoms with Gasteiger partial charge in [0.2, 0.25) is 15.9 Å². The van der Waals surface area contributed by atoms with Crippen molar-refractivity contribution >= 4 is 22.0 Å². The van der Waals surface area contributed by atoms with Gasteiger partial charge in [-0.05, 0) is 30.5 Å². The largest absolute Gasteiger partial charge is 0.352 e. The molecule has 0 saturated heterocycles. The maximum Gasteiger partial charge on any atom is 0.317 e. The zero-order valence-corrected chi connectivity index (χ0v) is 19.6. The average Bonchev–Trinajstić information content (AvgIpc) is 2.72. The average molecular weight is 461 g/mol. The Morgan fingerprint density at radius 2 is 1.56 bits per heavy atom. The van der Waals surface area contributed by atoms with E-state index in [0.29, 0.717) is 12.1 Å². The van der Waals surface area contributed by atoms with Crippen molar-refractivity contribution in [2.45, 2.75) is 45.2 Å². The van der Waals surface area contributed by atoms with Gasteiger partial charge in [-0.2, -0.15) is 0 Å². The number of carbonyl (C=O) groups is 2. The first-order valence-electron chi connectivity index (χ1n) is 10.5. The van der Waals surface area contributed by atoms with E-state index < -0.39 is 10.0 Å². The van der Waals surface area contributed by atoms with Gasteiger partial charge in [0.25, 0.3) is 0 Å². The highest BCUT2D eigenvalue weighted by Gasteiger charge is 2.16. The molecule has 0 fully saturated rings. The number of benzene rings is 2. The molecule has 0 aliphatic heterocycles. The van der Waals surface area contributed by atoms with E-state index >= 15 is 0 Å². The maximum absolute atomic E-state index is 12.2. The topological polar surface area (TPSA) is 108 Å². The summed E-state index contributed by atoms with van der Waals surface area (Å²) in [6.45, 7) is 4.43. The van der Waals surface area contributed by atoms with E-state index in [0.717, 1.165) is 11.1 Å². The minimum Gasteiger partial charge on any atom is -0.352 e. The van der Waals surface area contributed by atoms with E-state index in [9.17, 15) is 18.0 Å². The lowest BCUT2D eigenvalue weighted by Gasteiger charge is -2.18. The Labute approximate surface area is 190 Å². The Bertz CT molecular complexity index is 994. The first-order chi connectivity index (χ1) is 15.2. The van der Waals surface area contributed by atoms with Crippen molar-refractivity contribution in [3.05, 3.63) is 71.3 Å². The van der Waals surface area contributed by atoms with E-state index in [-0.39, 0.29) is 43.2 Å². The summed E-state index contributed by atoms with van der Waals surface area (Å²) in [5.41, 5.74) is 2.39. The molecular formula is C23H32N4O4S. The number of hydrogen-bond acceptors (Lipinski definition) is 4. The van der Waals surface area contributed by atoms with Crippen LogP contribution in [0.2, 0.25) is 0 Å². The molecule has 0 spiro atoms. The quantitative estimate of drug-likeness (QED) is 0.478. The summed E-state index contributed by atoms with van der Waals surface area (Å²) in [6.07, 6.45) is 0.125. The van der Waals surface area contributed by atoms with Crippen molar-refractivity contribution in [3.8, 4) is 0 Å². The van der Waals surface area contributed by atoms with Crippen molar-refractivity contribution in [1.29, 1.82) is 0 Å². The standard InChI is InChI=1S/C23H32N4O4S/c1-18(2)26-32(30,31)17-21-12-8-7-11-20(21)15-25-22(28)13-14-24-23(29)27(3)16-19-9-5-4-6-10-19/h4-12,18,26H,13-17H2,1-3H3,(H,24,29)(H,25,28). The summed E-state index contributed by atoms with van der Waals surface area (Å²) in [4.78, 5) is 25.9. The number of sulfonamides is 1. The minimum atomic E-state index is -3.46. The van der Waals surface area contributed by atoms with Gasteiger partial charge in [-0.15, -0.1) is 0 Å². The molecular weight excluding hydrogens is 428 g/mol. The van der Waals surface area contributed by atoms with Crippen LogP contribution in [-0.2, 0) is 33.7 Å². The van der Waals surface area contributed by atoms with Gasteiger partial charge in [-0.3, -0.25) is 4.79 Å². The molecule has 0 atom stereocenters. The monoisotopic (exact) mass is 460 g/mol. The molecule has 9 heteroatoms. The van der Waals surface area contributed by atoms with Gasteiger partial charge in [0.05, 0.1) is 5.75 Å². The molecule has 2 aromatic carbocycles. The number of nitrogens with zero attached hydrogens (tertiary/aromatic N) is 1. The van der Waals surface area contributed by atoms with Crippen LogP contribution < -0.4 is 15.4 Å². The Morgan fingerprint density at radius 3 is 2.22 bits per heavy atom. The molecule has 2 aromatic rings. The fourth-order valence-corrected chi connectivity index (χ4v) is 4.60. The van der Waals surface area contributed by atoms with Crippen LogP contribution in [0.3, 0.4) is 0 Å². The number of amides is 3. The normalized spacial score (nSPS) is 11.2. The molecule has 8 nitrogen and oxygen atoms in total. The maximum atomic E-state index is 12.2. The van der Waals surface area contributed by atoms with E-state index in [2.05, 4.69) is 15.4 Å². The van der Waals surface area contributed by atoms with Gasteiger partial charge in [0.15, 0.2) is 0 Å². The predicted molar refractivity (Wildman–Crippen MR) is 125 cm³/mol. The third kappa shape index (κ3) is 9.07. The van der Waals surface area contributed by atoms with Crippen molar-refractivity contribution in [1.82, 2.24) is 20.3 Å². The molecule has 174 valence electrons. The van der Waals surface area contributed by atoms with Crippen LogP contribution in [0.1, 0.15) is 37.0 Å². The Kier molecular flexibility index (Phi) is 9.67. The summed E-state index contributed by atoms with van der Waals surface area (Å²) in [5.74, 6) is -0.380. The summed E-state index contributed by atoms with van der Waals surface area (Å²) >= 11 is 0. The molecule has 0 unspecified atom stereocenters. The molecule has 0 aromatic heterocycles. The molecule has 3 N–H and O–H groups in total. The molecule has 0 bridgehead atoms. The van der Waals surface area contributed by atoms with Gasteiger partial charge >= 0.3 is 6.03 Å². The number of urea groups is 1. The summed E-state index contributed by atoms with van der Waals surface area (Å²) in [5, 5.41) is 5.52. The SMILES string of the molecule is CC(C)NS(=O)(=O)Cc1ccccc1CNC(=O)CCNC(=O)N(C)Cc1ccccc1. The van der Waals surface area contributed by atoms with E-state index in [1.54, 1.807) is 50.1 Å². The van der Waals surface area contributed by atoms with Crippen LogP contribution in [0, 0.1) is 0 Å². The van der Waals surface area contributed by atoms with Crippen LogP contribution in [-0.4, -0.2) is 44.9 Å². The second kappa shape index (κ2) is 12.2. The molecule has 2 rings (SSSR count). The van der Waals surface area contributed by atoms with Crippen LogP contribution >= 0.6 is 0 Å². The second-order valence-electron chi connectivity index (χ2n) is 7.90. The van der Waals surface area contributed by atoms with Crippen LogP contribution in [0.25, 0.3) is 0 Å². The molecule has 0 saturated carbocycles. The number of nitrogens with one attached hydrogen (secondary N) is 3. The number of hydrogen-bond donors (Lipinski definition) is 3. The summed E-state index contributed by atoms with van der Waals surface area (Å²) in [6, 6.07) is 16.3. The molecule has 0 radical (unpaired) electrons. The summed E-state index contributed by atoms with van der Waals surface area (Å²) < 4.78 is 27.0. The van der Waals surface area contributed by atoms with Crippen molar-refractivity contribution < 1.29 is 18.0 Å². The van der Waals surface area contributed by atoms with Crippen LogP contribution in [0.5, 0.6) is 0 Å². The molecule has 3 amide bonds. The van der Waals surface area contributed by atoms with Crippen molar-refractivity contribution in [3.63, 3.8) is 0 Å². The van der Waals surface area contributed by atoms with Gasteiger partial charge in [-0.1, -0.05) is 54.6 Å². The highest BCUT2D eigenvalue weighted by molar-refractivity contribution is 7.88. The zero-order chi connectivity index (χ0) is 23.6. The second-order valence-corrected chi connectivity index (χ2v) is 9.65. The highest BCUT2D eigenvalue weighted by Crippen LogP contribution is 2.12. The third-order valence-electron chi connectivity index (χ3n) is 4.59. The zero-order valence-electron chi connectivity index (χ0n) is 18.8. The molecule has 32 heavy (non-hydrogen) atoms. The molecule has 0 aliphatic rings. The van der Waals surface area contributed by atoms with E-state index in [4.69, 9.17) is 0 Å². The van der Waals surface area contributed by atoms with E-state index in [1.807, 2.05) is 30.3 Å². The lowest BCUT2D eigenvalue weighted by Crippen LogP contribution is -2.38. The van der Waals surface area contributed by atoms with Crippen molar-refractivity contribution in [2.24, 2.45) is 0 Å². The first kappa shape index (κ1) is 25.4. The van der Waals surface area contributed by atoms with Crippen LogP contribution in [0.15, 0.2) is 54.6 Å². The predicted octanol–water partition coefficient (Wildman–Crippen LogP) is 2.36. The molecule has 0 aliphatic carbocycles. The number of carbonyl (C=O) groups excluding carboxylic acids is 2.